The maximum absolute atomic E-state index is 5.62. The first-order valence-corrected chi connectivity index (χ1v) is 8.96. The minimum Gasteiger partial charge on any atom is -0.379 e. The zero-order chi connectivity index (χ0) is 17.5. The summed E-state index contributed by atoms with van der Waals surface area (Å²) in [5.74, 6) is 0. The predicted octanol–water partition coefficient (Wildman–Crippen LogP) is 1.97. The predicted molar refractivity (Wildman–Crippen MR) is 101 cm³/mol. The first-order valence-electron chi connectivity index (χ1n) is 8.96. The summed E-state index contributed by atoms with van der Waals surface area (Å²) >= 11 is 0. The van der Waals surface area contributed by atoms with Crippen LogP contribution in [-0.4, -0.2) is 61.2 Å². The SMILES string of the molecule is CN(CCN)Cc1cncc(-c2ccc(CN3CCOCC3)cc2)c1. The molecule has 1 aromatic heterocycles. The minimum absolute atomic E-state index is 0.675. The number of hydrogen-bond donors (Lipinski definition) is 1. The van der Waals surface area contributed by atoms with Gasteiger partial charge in [0.25, 0.3) is 0 Å². The molecule has 2 N–H and O–H groups in total. The van der Waals surface area contributed by atoms with E-state index in [9.17, 15) is 0 Å². The third-order valence-electron chi connectivity index (χ3n) is 4.56. The van der Waals surface area contributed by atoms with E-state index in [0.29, 0.717) is 6.54 Å². The van der Waals surface area contributed by atoms with Gasteiger partial charge in [0.05, 0.1) is 13.2 Å². The van der Waals surface area contributed by atoms with E-state index < -0.39 is 0 Å². The van der Waals surface area contributed by atoms with Crippen molar-refractivity contribution in [2.75, 3.05) is 46.4 Å². The van der Waals surface area contributed by atoms with E-state index >= 15 is 0 Å². The Morgan fingerprint density at radius 1 is 1.08 bits per heavy atom. The fraction of sp³-hybridized carbons (Fsp3) is 0.450. The maximum Gasteiger partial charge on any atom is 0.0594 e. The molecule has 1 fully saturated rings. The summed E-state index contributed by atoms with van der Waals surface area (Å²) in [6.07, 6.45) is 3.87. The minimum atomic E-state index is 0.675. The van der Waals surface area contributed by atoms with Crippen LogP contribution in [0.3, 0.4) is 0 Å². The number of ether oxygens (including phenoxy) is 1. The van der Waals surface area contributed by atoms with Crippen molar-refractivity contribution in [3.63, 3.8) is 0 Å². The van der Waals surface area contributed by atoms with Crippen LogP contribution < -0.4 is 5.73 Å². The Morgan fingerprint density at radius 2 is 1.84 bits per heavy atom. The first-order chi connectivity index (χ1) is 12.2. The lowest BCUT2D eigenvalue weighted by Crippen LogP contribution is -2.35. The highest BCUT2D eigenvalue weighted by Gasteiger charge is 2.10. The quantitative estimate of drug-likeness (QED) is 0.835. The molecule has 0 unspecified atom stereocenters. The molecule has 1 saturated heterocycles. The zero-order valence-corrected chi connectivity index (χ0v) is 15.0. The van der Waals surface area contributed by atoms with Gasteiger partial charge in [0.15, 0.2) is 0 Å². The Hall–Kier alpha value is -1.79. The molecule has 1 aliphatic heterocycles. The summed E-state index contributed by atoms with van der Waals surface area (Å²) in [6.45, 7) is 7.14. The molecule has 0 atom stereocenters. The van der Waals surface area contributed by atoms with Gasteiger partial charge in [0.1, 0.15) is 0 Å². The van der Waals surface area contributed by atoms with E-state index in [4.69, 9.17) is 10.5 Å². The van der Waals surface area contributed by atoms with Gasteiger partial charge in [-0.1, -0.05) is 24.3 Å². The van der Waals surface area contributed by atoms with E-state index in [0.717, 1.165) is 51.5 Å². The number of benzene rings is 1. The normalized spacial score (nSPS) is 15.6. The molecule has 25 heavy (non-hydrogen) atoms. The second-order valence-corrected chi connectivity index (χ2v) is 6.69. The molecule has 2 heterocycles. The van der Waals surface area contributed by atoms with Gasteiger partial charge in [-0.2, -0.15) is 0 Å². The third-order valence-corrected chi connectivity index (χ3v) is 4.56. The number of nitrogens with zero attached hydrogens (tertiary/aromatic N) is 3. The summed E-state index contributed by atoms with van der Waals surface area (Å²) in [6, 6.07) is 11.0. The number of nitrogens with two attached hydrogens (primary N) is 1. The molecular formula is C20H28N4O. The zero-order valence-electron chi connectivity index (χ0n) is 15.0. The van der Waals surface area contributed by atoms with Gasteiger partial charge in [0, 0.05) is 57.2 Å². The fourth-order valence-corrected chi connectivity index (χ4v) is 3.16. The second-order valence-electron chi connectivity index (χ2n) is 6.69. The average Bonchev–Trinajstić information content (AvgIpc) is 2.64. The molecule has 0 amide bonds. The summed E-state index contributed by atoms with van der Waals surface area (Å²) in [5, 5.41) is 0. The van der Waals surface area contributed by atoms with E-state index in [1.807, 2.05) is 12.4 Å². The van der Waals surface area contributed by atoms with Crippen molar-refractivity contribution in [1.29, 1.82) is 0 Å². The van der Waals surface area contributed by atoms with Gasteiger partial charge in [-0.05, 0) is 29.8 Å². The van der Waals surface area contributed by atoms with Gasteiger partial charge < -0.3 is 15.4 Å². The average molecular weight is 340 g/mol. The highest BCUT2D eigenvalue weighted by Crippen LogP contribution is 2.21. The molecule has 134 valence electrons. The van der Waals surface area contributed by atoms with E-state index in [1.54, 1.807) is 0 Å². The van der Waals surface area contributed by atoms with Crippen LogP contribution in [0.1, 0.15) is 11.1 Å². The maximum atomic E-state index is 5.62. The largest absolute Gasteiger partial charge is 0.379 e. The smallest absolute Gasteiger partial charge is 0.0594 e. The molecule has 0 aliphatic carbocycles. The van der Waals surface area contributed by atoms with Crippen molar-refractivity contribution in [3.05, 3.63) is 53.9 Å². The van der Waals surface area contributed by atoms with Crippen molar-refractivity contribution in [3.8, 4) is 11.1 Å². The van der Waals surface area contributed by atoms with Gasteiger partial charge in [-0.15, -0.1) is 0 Å². The lowest BCUT2D eigenvalue weighted by atomic mass is 10.0. The Kier molecular flexibility index (Phi) is 6.53. The summed E-state index contributed by atoms with van der Waals surface area (Å²) < 4.78 is 5.41. The Bertz CT molecular complexity index is 653. The first kappa shape index (κ1) is 18.0. The van der Waals surface area contributed by atoms with Crippen molar-refractivity contribution >= 4 is 0 Å². The number of aromatic nitrogens is 1. The topological polar surface area (TPSA) is 54.6 Å². The molecule has 2 aromatic rings. The number of likely N-dealkylation sites (N-methyl/N-ethyl adjacent to an activating group) is 1. The molecule has 0 radical (unpaired) electrons. The van der Waals surface area contributed by atoms with Crippen LogP contribution in [0.4, 0.5) is 0 Å². The second kappa shape index (κ2) is 9.06. The van der Waals surface area contributed by atoms with Crippen LogP contribution in [0.15, 0.2) is 42.7 Å². The van der Waals surface area contributed by atoms with Gasteiger partial charge in [0.2, 0.25) is 0 Å². The van der Waals surface area contributed by atoms with E-state index in [1.165, 1.54) is 16.7 Å². The van der Waals surface area contributed by atoms with Crippen LogP contribution in [0.2, 0.25) is 0 Å². The summed E-state index contributed by atoms with van der Waals surface area (Å²) in [7, 11) is 2.08. The molecule has 1 aromatic carbocycles. The summed E-state index contributed by atoms with van der Waals surface area (Å²) in [5.41, 5.74) is 10.5. The van der Waals surface area contributed by atoms with Gasteiger partial charge in [-0.3, -0.25) is 9.88 Å². The van der Waals surface area contributed by atoms with Crippen LogP contribution in [0.5, 0.6) is 0 Å². The molecule has 0 spiro atoms. The third kappa shape index (κ3) is 5.34. The Morgan fingerprint density at radius 3 is 2.56 bits per heavy atom. The summed E-state index contributed by atoms with van der Waals surface area (Å²) in [4.78, 5) is 9.06. The Balaban J connectivity index is 1.65. The molecule has 3 rings (SSSR count). The van der Waals surface area contributed by atoms with Crippen LogP contribution >= 0.6 is 0 Å². The number of morpholine rings is 1. The number of hydrogen-bond acceptors (Lipinski definition) is 5. The molecular weight excluding hydrogens is 312 g/mol. The van der Waals surface area contributed by atoms with Crippen molar-refractivity contribution in [1.82, 2.24) is 14.8 Å². The molecule has 0 bridgehead atoms. The monoisotopic (exact) mass is 340 g/mol. The molecule has 0 saturated carbocycles. The lowest BCUT2D eigenvalue weighted by molar-refractivity contribution is 0.0342. The standard InChI is InChI=1S/C20H28N4O/c1-23(7-6-21)15-18-12-20(14-22-13-18)19-4-2-17(3-5-19)16-24-8-10-25-11-9-24/h2-5,12-14H,6-11,15-16,21H2,1H3. The number of rotatable bonds is 7. The highest BCUT2D eigenvalue weighted by atomic mass is 16.5. The molecule has 5 nitrogen and oxygen atoms in total. The van der Waals surface area contributed by atoms with Gasteiger partial charge in [-0.25, -0.2) is 0 Å². The lowest BCUT2D eigenvalue weighted by Gasteiger charge is -2.26. The van der Waals surface area contributed by atoms with Crippen LogP contribution in [0.25, 0.3) is 11.1 Å². The van der Waals surface area contributed by atoms with Crippen LogP contribution in [0, 0.1) is 0 Å². The van der Waals surface area contributed by atoms with E-state index in [-0.39, 0.29) is 0 Å². The van der Waals surface area contributed by atoms with Crippen molar-refractivity contribution in [2.24, 2.45) is 5.73 Å². The highest BCUT2D eigenvalue weighted by molar-refractivity contribution is 5.63. The van der Waals surface area contributed by atoms with Gasteiger partial charge >= 0.3 is 0 Å². The van der Waals surface area contributed by atoms with E-state index in [2.05, 4.69) is 52.2 Å². The van der Waals surface area contributed by atoms with Crippen molar-refractivity contribution < 1.29 is 4.74 Å². The Labute approximate surface area is 150 Å². The van der Waals surface area contributed by atoms with Crippen LogP contribution in [-0.2, 0) is 17.8 Å². The number of pyridine rings is 1. The van der Waals surface area contributed by atoms with Crippen molar-refractivity contribution in [2.45, 2.75) is 13.1 Å². The fourth-order valence-electron chi connectivity index (χ4n) is 3.16. The molecule has 1 aliphatic rings. The molecule has 5 heteroatoms.